The number of benzene rings is 1. The number of piperidine rings is 1. The van der Waals surface area contributed by atoms with E-state index in [1.165, 1.54) is 115 Å². The van der Waals surface area contributed by atoms with Crippen molar-refractivity contribution in [1.29, 1.82) is 0 Å². The summed E-state index contributed by atoms with van der Waals surface area (Å²) in [6, 6.07) is 8.78. The number of nitrogens with zero attached hydrogens (tertiary/aromatic N) is 3. The van der Waals surface area contributed by atoms with Crippen LogP contribution in [0.4, 0.5) is 0 Å². The van der Waals surface area contributed by atoms with E-state index in [4.69, 9.17) is 4.74 Å². The second-order valence-corrected chi connectivity index (χ2v) is 13.8. The van der Waals surface area contributed by atoms with Crippen molar-refractivity contribution in [1.82, 2.24) is 0 Å². The van der Waals surface area contributed by atoms with Crippen LogP contribution in [0.1, 0.15) is 160 Å². The fourth-order valence-corrected chi connectivity index (χ4v) is 8.01. The fraction of sp³-hybridized carbons (Fsp3) is 0.811. The first-order chi connectivity index (χ1) is 20.2. The molecule has 3 aliphatic rings. The third kappa shape index (κ3) is 9.92. The van der Waals surface area contributed by atoms with E-state index >= 15 is 0 Å². The zero-order chi connectivity index (χ0) is 28.6. The summed E-state index contributed by atoms with van der Waals surface area (Å²) in [5, 5.41) is 0. The molecule has 2 atom stereocenters. The van der Waals surface area contributed by atoms with Crippen LogP contribution in [0.15, 0.2) is 24.3 Å². The maximum absolute atomic E-state index is 11.6. The SMILES string of the molecule is CCCCCCCCCCCCCCCCCCOc1ccc(CC23CCC[N+]4=CC(CCC4)(CCC2)[N+]3=[N-])cc1. The predicted octanol–water partition coefficient (Wildman–Crippen LogP) is 10.2. The zero-order valence-electron chi connectivity index (χ0n) is 26.7. The number of rotatable bonds is 20. The molecule has 4 rings (SSSR count). The molecule has 230 valence electrons. The van der Waals surface area contributed by atoms with Gasteiger partial charge in [-0.15, -0.1) is 0 Å². The van der Waals surface area contributed by atoms with Gasteiger partial charge in [-0.25, -0.2) is 4.58 Å². The van der Waals surface area contributed by atoms with E-state index in [2.05, 4.69) is 42.0 Å². The Morgan fingerprint density at radius 3 is 1.78 bits per heavy atom. The highest BCUT2D eigenvalue weighted by atomic mass is 16.5. The van der Waals surface area contributed by atoms with Crippen LogP contribution >= 0.6 is 0 Å². The molecule has 2 unspecified atom stereocenters. The standard InChI is InChI=1S/C37H62N3O/c1-2-3-4-5-6-7-8-9-10-11-12-13-14-15-16-17-31-41-35-23-21-34(22-24-35)32-36-25-18-26-37(40(36)38)28-20-30-39(33-37)29-19-27-36/h21-24,33H,2-20,25-32H2,1H3/q+1. The lowest BCUT2D eigenvalue weighted by Gasteiger charge is -2.47. The second kappa shape index (κ2) is 17.4. The maximum Gasteiger partial charge on any atom is 0.228 e. The van der Waals surface area contributed by atoms with Crippen LogP contribution in [0.2, 0.25) is 0 Å². The summed E-state index contributed by atoms with van der Waals surface area (Å²) < 4.78 is 10.4. The summed E-state index contributed by atoms with van der Waals surface area (Å²) >= 11 is 0. The smallest absolute Gasteiger partial charge is 0.228 e. The second-order valence-electron chi connectivity index (χ2n) is 13.8. The minimum Gasteiger partial charge on any atom is -0.505 e. The average Bonchev–Trinajstić information content (AvgIpc) is 2.98. The molecule has 3 aliphatic heterocycles. The average molecular weight is 565 g/mol. The minimum absolute atomic E-state index is 0.131. The minimum atomic E-state index is -0.146. The Balaban J connectivity index is 1.05. The Morgan fingerprint density at radius 2 is 1.17 bits per heavy atom. The molecule has 1 spiro atoms. The van der Waals surface area contributed by atoms with E-state index in [-0.39, 0.29) is 11.1 Å². The van der Waals surface area contributed by atoms with E-state index in [9.17, 15) is 5.53 Å². The van der Waals surface area contributed by atoms with Gasteiger partial charge < -0.3 is 15.0 Å². The van der Waals surface area contributed by atoms with Crippen LogP contribution in [-0.4, -0.2) is 46.3 Å². The molecule has 0 aliphatic carbocycles. The molecule has 1 aromatic carbocycles. The lowest BCUT2D eigenvalue weighted by atomic mass is 9.71. The lowest BCUT2D eigenvalue weighted by Crippen LogP contribution is -2.62. The normalized spacial score (nSPS) is 24.0. The Hall–Kier alpha value is -1.71. The van der Waals surface area contributed by atoms with Gasteiger partial charge in [-0.1, -0.05) is 115 Å². The number of ether oxygens (including phenoxy) is 1. The monoisotopic (exact) mass is 564 g/mol. The number of unbranched alkanes of at least 4 members (excludes halogenated alkanes) is 15. The van der Waals surface area contributed by atoms with E-state index in [1.807, 2.05) is 4.70 Å². The Morgan fingerprint density at radius 1 is 0.659 bits per heavy atom. The molecule has 0 radical (unpaired) electrons. The molecule has 0 aromatic heterocycles. The zero-order valence-corrected chi connectivity index (χ0v) is 26.7. The molecule has 1 saturated heterocycles. The Labute approximate surface area is 252 Å². The van der Waals surface area contributed by atoms with E-state index < -0.39 is 0 Å². The first-order valence-electron chi connectivity index (χ1n) is 18.0. The molecular weight excluding hydrogens is 502 g/mol. The van der Waals surface area contributed by atoms with Crippen molar-refractivity contribution in [3.63, 3.8) is 0 Å². The summed E-state index contributed by atoms with van der Waals surface area (Å²) in [5.41, 5.74) is 12.7. The third-order valence-corrected chi connectivity index (χ3v) is 10.4. The van der Waals surface area contributed by atoms with Gasteiger partial charge in [0, 0.05) is 44.9 Å². The predicted molar refractivity (Wildman–Crippen MR) is 173 cm³/mol. The molecule has 0 N–H and O–H groups in total. The largest absolute Gasteiger partial charge is 0.505 e. The molecule has 0 saturated carbocycles. The summed E-state index contributed by atoms with van der Waals surface area (Å²) in [6.07, 6.45) is 33.6. The van der Waals surface area contributed by atoms with Crippen molar-refractivity contribution in [3.05, 3.63) is 35.4 Å². The Bertz CT molecular complexity index is 925. The molecule has 3 bridgehead atoms. The first-order valence-corrected chi connectivity index (χ1v) is 18.0. The quantitative estimate of drug-likeness (QED) is 0.115. The number of hydrogen-bond acceptors (Lipinski definition) is 1. The maximum atomic E-state index is 11.6. The molecule has 41 heavy (non-hydrogen) atoms. The van der Waals surface area contributed by atoms with Crippen molar-refractivity contribution in [2.24, 2.45) is 0 Å². The van der Waals surface area contributed by atoms with Gasteiger partial charge in [-0.3, -0.25) is 0 Å². The number of hydrogen-bond donors (Lipinski definition) is 0. The van der Waals surface area contributed by atoms with Crippen LogP contribution in [0.3, 0.4) is 0 Å². The highest BCUT2D eigenvalue weighted by Crippen LogP contribution is 2.43. The van der Waals surface area contributed by atoms with E-state index in [1.54, 1.807) is 0 Å². The van der Waals surface area contributed by atoms with Gasteiger partial charge in [-0.2, -0.15) is 0 Å². The van der Waals surface area contributed by atoms with Crippen LogP contribution < -0.4 is 4.74 Å². The third-order valence-electron chi connectivity index (χ3n) is 10.4. The van der Waals surface area contributed by atoms with Crippen LogP contribution in [0.25, 0.3) is 5.53 Å². The van der Waals surface area contributed by atoms with E-state index in [0.29, 0.717) is 0 Å². The van der Waals surface area contributed by atoms with Gasteiger partial charge >= 0.3 is 0 Å². The van der Waals surface area contributed by atoms with E-state index in [0.717, 1.165) is 70.4 Å². The molecule has 1 aromatic rings. The lowest BCUT2D eigenvalue weighted by molar-refractivity contribution is -0.706. The van der Waals surface area contributed by atoms with Gasteiger partial charge in [0.25, 0.3) is 0 Å². The van der Waals surface area contributed by atoms with Crippen molar-refractivity contribution < 1.29 is 14.0 Å². The fourth-order valence-electron chi connectivity index (χ4n) is 8.01. The van der Waals surface area contributed by atoms with Crippen molar-refractivity contribution in [3.8, 4) is 5.75 Å². The van der Waals surface area contributed by atoms with Gasteiger partial charge in [0.2, 0.25) is 11.8 Å². The number of fused-ring (bicyclic) bond motifs is 1. The molecule has 1 fully saturated rings. The van der Waals surface area contributed by atoms with Crippen LogP contribution in [0, 0.1) is 0 Å². The van der Waals surface area contributed by atoms with Crippen molar-refractivity contribution in [2.75, 3.05) is 19.7 Å². The van der Waals surface area contributed by atoms with Crippen molar-refractivity contribution in [2.45, 2.75) is 172 Å². The summed E-state index contributed by atoms with van der Waals surface area (Å²) in [6.45, 7) is 5.42. The van der Waals surface area contributed by atoms with Crippen LogP contribution in [0.5, 0.6) is 5.75 Å². The van der Waals surface area contributed by atoms with Crippen LogP contribution in [-0.2, 0) is 6.42 Å². The van der Waals surface area contributed by atoms with Gasteiger partial charge in [0.1, 0.15) is 18.8 Å². The van der Waals surface area contributed by atoms with Crippen molar-refractivity contribution >= 4 is 6.21 Å². The molecule has 4 nitrogen and oxygen atoms in total. The van der Waals surface area contributed by atoms with Gasteiger partial charge in [0.15, 0.2) is 5.54 Å². The first kappa shape index (κ1) is 32.2. The Kier molecular flexibility index (Phi) is 13.7. The summed E-state index contributed by atoms with van der Waals surface area (Å²) in [7, 11) is 0. The highest BCUT2D eigenvalue weighted by molar-refractivity contribution is 5.64. The summed E-state index contributed by atoms with van der Waals surface area (Å²) in [4.78, 5) is 0. The highest BCUT2D eigenvalue weighted by Gasteiger charge is 2.55. The topological polar surface area (TPSA) is 37.5 Å². The molecular formula is C37H62N3O+. The van der Waals surface area contributed by atoms with Gasteiger partial charge in [0.05, 0.1) is 6.61 Å². The molecule has 3 heterocycles. The molecule has 4 heteroatoms. The molecule has 0 amide bonds. The summed E-state index contributed by atoms with van der Waals surface area (Å²) in [5.74, 6) is 0.988. The van der Waals surface area contributed by atoms with Gasteiger partial charge in [-0.05, 0) is 30.5 Å².